The van der Waals surface area contributed by atoms with Gasteiger partial charge in [0.1, 0.15) is 5.76 Å². The quantitative estimate of drug-likeness (QED) is 0.642. The molecule has 0 spiro atoms. The zero-order valence-corrected chi connectivity index (χ0v) is 17.6. The number of Topliss-reactive ketones (excluding diaryl/α,β-unsaturated/α-hetero) is 1. The van der Waals surface area contributed by atoms with Crippen molar-refractivity contribution < 1.29 is 23.9 Å². The highest BCUT2D eigenvalue weighted by molar-refractivity contribution is 5.97. The summed E-state index contributed by atoms with van der Waals surface area (Å²) in [5.41, 5.74) is 2.99. The van der Waals surface area contributed by atoms with Crippen molar-refractivity contribution in [3.8, 4) is 11.3 Å². The number of benzene rings is 1. The van der Waals surface area contributed by atoms with Crippen LogP contribution in [0, 0.1) is 11.8 Å². The van der Waals surface area contributed by atoms with Crippen LogP contribution in [0.1, 0.15) is 60.2 Å². The van der Waals surface area contributed by atoms with Gasteiger partial charge in [-0.25, -0.2) is 4.79 Å². The first-order valence-corrected chi connectivity index (χ1v) is 10.9. The lowest BCUT2D eigenvalue weighted by Crippen LogP contribution is -2.35. The summed E-state index contributed by atoms with van der Waals surface area (Å²) in [4.78, 5) is 36.6. The SMILES string of the molecule is CNC(=O)[C@@H](CC(=O)c1ccc(-c2ccc3c(c2)CC(C(=O)O)=C3)o1)C1CCCCC1. The summed E-state index contributed by atoms with van der Waals surface area (Å²) in [6.07, 6.45) is 7.57. The van der Waals surface area contributed by atoms with Gasteiger partial charge in [-0.3, -0.25) is 9.59 Å². The van der Waals surface area contributed by atoms with E-state index in [1.807, 2.05) is 18.2 Å². The van der Waals surface area contributed by atoms with E-state index in [1.54, 1.807) is 25.3 Å². The zero-order valence-electron chi connectivity index (χ0n) is 17.6. The fourth-order valence-corrected chi connectivity index (χ4v) is 4.77. The van der Waals surface area contributed by atoms with Gasteiger partial charge in [-0.2, -0.15) is 0 Å². The zero-order chi connectivity index (χ0) is 22.0. The van der Waals surface area contributed by atoms with Crippen molar-refractivity contribution >= 4 is 23.7 Å². The van der Waals surface area contributed by atoms with E-state index in [2.05, 4.69) is 5.32 Å². The number of carboxylic acids is 1. The fourth-order valence-electron chi connectivity index (χ4n) is 4.77. The van der Waals surface area contributed by atoms with E-state index in [4.69, 9.17) is 4.42 Å². The Kier molecular flexibility index (Phi) is 6.07. The van der Waals surface area contributed by atoms with Crippen molar-refractivity contribution in [2.75, 3.05) is 7.05 Å². The molecular formula is C25H27NO5. The minimum atomic E-state index is -0.910. The number of amides is 1. The van der Waals surface area contributed by atoms with Crippen LogP contribution in [0.5, 0.6) is 0 Å². The van der Waals surface area contributed by atoms with Gasteiger partial charge >= 0.3 is 5.97 Å². The van der Waals surface area contributed by atoms with Gasteiger partial charge < -0.3 is 14.8 Å². The molecule has 2 aromatic rings. The third-order valence-corrected chi connectivity index (χ3v) is 6.50. The predicted octanol–water partition coefficient (Wildman–Crippen LogP) is 4.49. The van der Waals surface area contributed by atoms with E-state index in [-0.39, 0.29) is 35.7 Å². The monoisotopic (exact) mass is 421 g/mol. The number of nitrogens with one attached hydrogen (secondary N) is 1. The molecule has 0 aliphatic heterocycles. The van der Waals surface area contributed by atoms with Crippen molar-refractivity contribution in [1.29, 1.82) is 0 Å². The third kappa shape index (κ3) is 4.48. The third-order valence-electron chi connectivity index (χ3n) is 6.50. The maximum absolute atomic E-state index is 12.9. The van der Waals surface area contributed by atoms with Gasteiger partial charge in [0.25, 0.3) is 0 Å². The van der Waals surface area contributed by atoms with Gasteiger partial charge in [-0.1, -0.05) is 31.4 Å². The molecule has 1 fully saturated rings. The Hall–Kier alpha value is -3.15. The van der Waals surface area contributed by atoms with Crippen LogP contribution in [0.2, 0.25) is 0 Å². The number of hydrogen-bond donors (Lipinski definition) is 2. The molecule has 2 aliphatic carbocycles. The summed E-state index contributed by atoms with van der Waals surface area (Å²) in [6.45, 7) is 0. The molecule has 0 saturated heterocycles. The maximum Gasteiger partial charge on any atom is 0.331 e. The molecule has 0 bridgehead atoms. The van der Waals surface area contributed by atoms with Crippen LogP contribution in [-0.2, 0) is 16.0 Å². The highest BCUT2D eigenvalue weighted by Gasteiger charge is 2.32. The minimum absolute atomic E-state index is 0.0765. The standard InChI is InChI=1S/C25H27NO5/c1-26-24(28)20(15-5-3-2-4-6-15)14-21(27)23-10-9-22(31-23)17-8-7-16-11-19(25(29)30)13-18(16)12-17/h7-12,15,20H,2-6,13-14H2,1H3,(H,26,28)(H,29,30)/t20-/m0/s1. The summed E-state index contributed by atoms with van der Waals surface area (Å²) in [5, 5.41) is 11.9. The molecule has 1 aromatic carbocycles. The van der Waals surface area contributed by atoms with Crippen LogP contribution >= 0.6 is 0 Å². The van der Waals surface area contributed by atoms with E-state index in [0.717, 1.165) is 42.4 Å². The van der Waals surface area contributed by atoms with Gasteiger partial charge in [-0.15, -0.1) is 0 Å². The van der Waals surface area contributed by atoms with E-state index in [9.17, 15) is 19.5 Å². The molecule has 4 rings (SSSR count). The number of carbonyl (C=O) groups is 3. The first kappa shape index (κ1) is 21.1. The summed E-state index contributed by atoms with van der Waals surface area (Å²) in [6, 6.07) is 9.06. The molecule has 1 atom stereocenters. The summed E-state index contributed by atoms with van der Waals surface area (Å²) < 4.78 is 5.85. The van der Waals surface area contributed by atoms with Gasteiger partial charge in [0.05, 0.1) is 0 Å². The minimum Gasteiger partial charge on any atom is -0.478 e. The summed E-state index contributed by atoms with van der Waals surface area (Å²) in [7, 11) is 1.62. The molecule has 0 unspecified atom stereocenters. The molecular weight excluding hydrogens is 394 g/mol. The van der Waals surface area contributed by atoms with E-state index in [1.165, 1.54) is 6.42 Å². The van der Waals surface area contributed by atoms with Crippen LogP contribution in [-0.4, -0.2) is 29.8 Å². The lowest BCUT2D eigenvalue weighted by molar-refractivity contribution is -0.132. The Balaban J connectivity index is 1.48. The Morgan fingerprint density at radius 2 is 1.90 bits per heavy atom. The topological polar surface area (TPSA) is 96.6 Å². The van der Waals surface area contributed by atoms with Gasteiger partial charge in [-0.05, 0) is 54.2 Å². The van der Waals surface area contributed by atoms with Crippen LogP contribution in [0.25, 0.3) is 17.4 Å². The Bertz CT molecular complexity index is 1040. The number of fused-ring (bicyclic) bond motifs is 1. The number of carboxylic acid groups (broad SMARTS) is 1. The van der Waals surface area contributed by atoms with Crippen LogP contribution < -0.4 is 5.32 Å². The molecule has 162 valence electrons. The Labute approximate surface area is 181 Å². The van der Waals surface area contributed by atoms with Crippen molar-refractivity contribution in [3.05, 3.63) is 52.8 Å². The van der Waals surface area contributed by atoms with Crippen molar-refractivity contribution in [1.82, 2.24) is 5.32 Å². The molecule has 2 N–H and O–H groups in total. The first-order valence-electron chi connectivity index (χ1n) is 10.9. The smallest absolute Gasteiger partial charge is 0.331 e. The fraction of sp³-hybridized carbons (Fsp3) is 0.400. The lowest BCUT2D eigenvalue weighted by Gasteiger charge is -2.28. The molecule has 6 nitrogen and oxygen atoms in total. The molecule has 1 aromatic heterocycles. The molecule has 6 heteroatoms. The second-order valence-corrected chi connectivity index (χ2v) is 8.48. The van der Waals surface area contributed by atoms with E-state index in [0.29, 0.717) is 17.8 Å². The average molecular weight is 421 g/mol. The molecule has 31 heavy (non-hydrogen) atoms. The molecule has 1 saturated carbocycles. The maximum atomic E-state index is 12.9. The number of carbonyl (C=O) groups excluding carboxylic acids is 2. The first-order chi connectivity index (χ1) is 15.0. The van der Waals surface area contributed by atoms with E-state index < -0.39 is 5.97 Å². The van der Waals surface area contributed by atoms with Crippen LogP contribution in [0.4, 0.5) is 0 Å². The number of hydrogen-bond acceptors (Lipinski definition) is 4. The van der Waals surface area contributed by atoms with Crippen LogP contribution in [0.3, 0.4) is 0 Å². The van der Waals surface area contributed by atoms with Gasteiger partial charge in [0, 0.05) is 36.9 Å². The average Bonchev–Trinajstić information content (AvgIpc) is 3.44. The van der Waals surface area contributed by atoms with Gasteiger partial charge in [0.15, 0.2) is 11.5 Å². The van der Waals surface area contributed by atoms with Crippen molar-refractivity contribution in [3.63, 3.8) is 0 Å². The highest BCUT2D eigenvalue weighted by atomic mass is 16.4. The van der Waals surface area contributed by atoms with Gasteiger partial charge in [0.2, 0.25) is 5.91 Å². The summed E-state index contributed by atoms with van der Waals surface area (Å²) in [5.74, 6) is -0.429. The van der Waals surface area contributed by atoms with E-state index >= 15 is 0 Å². The Morgan fingerprint density at radius 1 is 1.13 bits per heavy atom. The highest BCUT2D eigenvalue weighted by Crippen LogP contribution is 2.34. The number of aliphatic carboxylic acids is 1. The summed E-state index contributed by atoms with van der Waals surface area (Å²) >= 11 is 0. The normalized spacial score (nSPS) is 17.0. The number of ketones is 1. The Morgan fingerprint density at radius 3 is 2.61 bits per heavy atom. The second kappa shape index (κ2) is 8.92. The largest absolute Gasteiger partial charge is 0.478 e. The predicted molar refractivity (Wildman–Crippen MR) is 117 cm³/mol. The van der Waals surface area contributed by atoms with Crippen LogP contribution in [0.15, 0.2) is 40.3 Å². The number of furan rings is 1. The lowest BCUT2D eigenvalue weighted by atomic mass is 9.77. The second-order valence-electron chi connectivity index (χ2n) is 8.48. The molecule has 1 amide bonds. The molecule has 0 radical (unpaired) electrons. The molecule has 1 heterocycles. The molecule has 2 aliphatic rings. The van der Waals surface area contributed by atoms with Crippen molar-refractivity contribution in [2.45, 2.75) is 44.9 Å². The van der Waals surface area contributed by atoms with Crippen molar-refractivity contribution in [2.24, 2.45) is 11.8 Å². The number of rotatable bonds is 7.